The molecule has 2 aliphatic heterocycles. The van der Waals surface area contributed by atoms with Crippen LogP contribution in [0.5, 0.6) is 0 Å². The zero-order chi connectivity index (χ0) is 17.9. The average Bonchev–Trinajstić information content (AvgIpc) is 3.00. The zero-order valence-electron chi connectivity index (χ0n) is 14.5. The molecular weight excluding hydrogens is 342 g/mol. The molecule has 0 spiro atoms. The number of carbonyl (C=O) groups is 1. The summed E-state index contributed by atoms with van der Waals surface area (Å²) in [5.41, 5.74) is 0. The van der Waals surface area contributed by atoms with Crippen LogP contribution in [0.3, 0.4) is 0 Å². The maximum Gasteiger partial charge on any atom is 0.225 e. The summed E-state index contributed by atoms with van der Waals surface area (Å²) in [5.74, 6) is 1.31. The van der Waals surface area contributed by atoms with Gasteiger partial charge in [-0.05, 0) is 19.5 Å². The molecule has 2 fully saturated rings. The molecule has 9 heteroatoms. The summed E-state index contributed by atoms with van der Waals surface area (Å²) in [4.78, 5) is 26.9. The first-order valence-corrected chi connectivity index (χ1v) is 10.5. The van der Waals surface area contributed by atoms with Gasteiger partial charge in [0, 0.05) is 57.6 Å². The van der Waals surface area contributed by atoms with Crippen molar-refractivity contribution in [2.75, 3.05) is 56.2 Å². The molecule has 2 saturated heterocycles. The first-order valence-electron chi connectivity index (χ1n) is 8.65. The van der Waals surface area contributed by atoms with Crippen molar-refractivity contribution in [1.29, 1.82) is 0 Å². The fourth-order valence-corrected chi connectivity index (χ4v) is 5.15. The molecule has 1 aromatic rings. The molecular formula is C16H25N5O3S. The molecule has 2 aliphatic rings. The number of nitrogens with zero attached hydrogens (tertiary/aromatic N) is 5. The molecule has 1 amide bonds. The molecule has 3 heterocycles. The Morgan fingerprint density at radius 1 is 1.24 bits per heavy atom. The number of carbonyl (C=O) groups excluding carboxylic acids is 1. The van der Waals surface area contributed by atoms with Gasteiger partial charge in [0.2, 0.25) is 11.9 Å². The maximum atomic E-state index is 12.4. The van der Waals surface area contributed by atoms with Crippen LogP contribution in [0.2, 0.25) is 0 Å². The number of hydrogen-bond donors (Lipinski definition) is 0. The standard InChI is InChI=1S/C16H25N5O3S/c1-19(14-4-12-25(23,24)13-14)7-3-15(22)20-8-10-21(11-9-20)16-17-5-2-6-18-16/h2,5-6,14H,3-4,7-13H2,1H3. The highest BCUT2D eigenvalue weighted by molar-refractivity contribution is 7.91. The van der Waals surface area contributed by atoms with Crippen LogP contribution in [0.1, 0.15) is 12.8 Å². The minimum Gasteiger partial charge on any atom is -0.339 e. The highest BCUT2D eigenvalue weighted by atomic mass is 32.2. The first-order chi connectivity index (χ1) is 11.9. The number of hydrogen-bond acceptors (Lipinski definition) is 7. The summed E-state index contributed by atoms with van der Waals surface area (Å²) in [6.45, 7) is 3.39. The third kappa shape index (κ3) is 4.66. The number of anilines is 1. The fourth-order valence-electron chi connectivity index (χ4n) is 3.35. The molecule has 0 saturated carbocycles. The quantitative estimate of drug-likeness (QED) is 0.702. The lowest BCUT2D eigenvalue weighted by molar-refractivity contribution is -0.131. The van der Waals surface area contributed by atoms with Crippen LogP contribution in [0.4, 0.5) is 5.95 Å². The van der Waals surface area contributed by atoms with Crippen molar-refractivity contribution in [3.8, 4) is 0 Å². The van der Waals surface area contributed by atoms with Crippen molar-refractivity contribution in [1.82, 2.24) is 19.8 Å². The average molecular weight is 367 g/mol. The molecule has 0 radical (unpaired) electrons. The van der Waals surface area contributed by atoms with Gasteiger partial charge in [-0.15, -0.1) is 0 Å². The predicted octanol–water partition coefficient (Wildman–Crippen LogP) is -0.366. The van der Waals surface area contributed by atoms with Gasteiger partial charge in [0.05, 0.1) is 11.5 Å². The Bertz CT molecular complexity index is 689. The second-order valence-corrected chi connectivity index (χ2v) is 8.93. The van der Waals surface area contributed by atoms with E-state index in [0.29, 0.717) is 38.4 Å². The molecule has 1 atom stereocenters. The molecule has 138 valence electrons. The van der Waals surface area contributed by atoms with Gasteiger partial charge in [-0.2, -0.15) is 0 Å². The van der Waals surface area contributed by atoms with Crippen molar-refractivity contribution < 1.29 is 13.2 Å². The van der Waals surface area contributed by atoms with Crippen LogP contribution in [-0.2, 0) is 14.6 Å². The molecule has 1 unspecified atom stereocenters. The van der Waals surface area contributed by atoms with Crippen molar-refractivity contribution in [2.24, 2.45) is 0 Å². The minimum atomic E-state index is -2.89. The van der Waals surface area contributed by atoms with E-state index in [9.17, 15) is 13.2 Å². The van der Waals surface area contributed by atoms with E-state index in [1.807, 2.05) is 16.8 Å². The van der Waals surface area contributed by atoms with E-state index in [0.717, 1.165) is 13.1 Å². The Morgan fingerprint density at radius 3 is 2.52 bits per heavy atom. The SMILES string of the molecule is CN(CCC(=O)N1CCN(c2ncccn2)CC1)C1CCS(=O)(=O)C1. The van der Waals surface area contributed by atoms with Gasteiger partial charge in [-0.3, -0.25) is 4.79 Å². The maximum absolute atomic E-state index is 12.4. The van der Waals surface area contributed by atoms with E-state index in [1.54, 1.807) is 18.5 Å². The van der Waals surface area contributed by atoms with E-state index in [-0.39, 0.29) is 23.5 Å². The number of aromatic nitrogens is 2. The Kier molecular flexibility index (Phi) is 5.53. The molecule has 1 aromatic heterocycles. The van der Waals surface area contributed by atoms with Crippen molar-refractivity contribution >= 4 is 21.7 Å². The van der Waals surface area contributed by atoms with Crippen molar-refractivity contribution in [3.63, 3.8) is 0 Å². The lowest BCUT2D eigenvalue weighted by Gasteiger charge is -2.35. The van der Waals surface area contributed by atoms with Crippen LogP contribution in [0.25, 0.3) is 0 Å². The summed E-state index contributed by atoms with van der Waals surface area (Å²) in [6.07, 6.45) is 4.54. The molecule has 0 N–H and O–H groups in total. The lowest BCUT2D eigenvalue weighted by Crippen LogP contribution is -2.49. The van der Waals surface area contributed by atoms with Gasteiger partial charge in [0.15, 0.2) is 9.84 Å². The number of rotatable bonds is 5. The van der Waals surface area contributed by atoms with Gasteiger partial charge in [-0.1, -0.05) is 0 Å². The Hall–Kier alpha value is -1.74. The second kappa shape index (κ2) is 7.65. The van der Waals surface area contributed by atoms with E-state index in [1.165, 1.54) is 0 Å². The number of piperazine rings is 1. The summed E-state index contributed by atoms with van der Waals surface area (Å²) in [5, 5.41) is 0. The summed E-state index contributed by atoms with van der Waals surface area (Å²) in [7, 11) is -0.980. The van der Waals surface area contributed by atoms with Crippen LogP contribution < -0.4 is 4.90 Å². The van der Waals surface area contributed by atoms with E-state index in [2.05, 4.69) is 14.9 Å². The van der Waals surface area contributed by atoms with Crippen LogP contribution >= 0.6 is 0 Å². The minimum absolute atomic E-state index is 0.0462. The number of sulfone groups is 1. The van der Waals surface area contributed by atoms with E-state index < -0.39 is 9.84 Å². The summed E-state index contributed by atoms with van der Waals surface area (Å²) < 4.78 is 23.1. The van der Waals surface area contributed by atoms with Gasteiger partial charge < -0.3 is 14.7 Å². The Labute approximate surface area is 148 Å². The van der Waals surface area contributed by atoms with Gasteiger partial charge in [-0.25, -0.2) is 18.4 Å². The lowest BCUT2D eigenvalue weighted by atomic mass is 10.2. The van der Waals surface area contributed by atoms with E-state index >= 15 is 0 Å². The molecule has 0 aliphatic carbocycles. The largest absolute Gasteiger partial charge is 0.339 e. The van der Waals surface area contributed by atoms with Crippen LogP contribution in [0.15, 0.2) is 18.5 Å². The molecule has 0 aromatic carbocycles. The molecule has 25 heavy (non-hydrogen) atoms. The molecule has 0 bridgehead atoms. The first kappa shape index (κ1) is 18.1. The Morgan fingerprint density at radius 2 is 1.92 bits per heavy atom. The molecule has 3 rings (SSSR count). The smallest absolute Gasteiger partial charge is 0.225 e. The van der Waals surface area contributed by atoms with Gasteiger partial charge in [0.25, 0.3) is 0 Å². The topological polar surface area (TPSA) is 86.7 Å². The monoisotopic (exact) mass is 367 g/mol. The summed E-state index contributed by atoms with van der Waals surface area (Å²) in [6, 6.07) is 1.83. The number of amides is 1. The highest BCUT2D eigenvalue weighted by Gasteiger charge is 2.31. The normalized spacial score (nSPS) is 23.2. The fraction of sp³-hybridized carbons (Fsp3) is 0.688. The van der Waals surface area contributed by atoms with Gasteiger partial charge in [0.1, 0.15) is 0 Å². The predicted molar refractivity (Wildman–Crippen MR) is 95.1 cm³/mol. The third-order valence-electron chi connectivity index (χ3n) is 4.98. The summed E-state index contributed by atoms with van der Waals surface area (Å²) >= 11 is 0. The second-order valence-electron chi connectivity index (χ2n) is 6.70. The molecule has 8 nitrogen and oxygen atoms in total. The highest BCUT2D eigenvalue weighted by Crippen LogP contribution is 2.17. The van der Waals surface area contributed by atoms with E-state index in [4.69, 9.17) is 0 Å². The third-order valence-corrected chi connectivity index (χ3v) is 6.73. The zero-order valence-corrected chi connectivity index (χ0v) is 15.4. The van der Waals surface area contributed by atoms with Crippen molar-refractivity contribution in [3.05, 3.63) is 18.5 Å². The van der Waals surface area contributed by atoms with Crippen molar-refractivity contribution in [2.45, 2.75) is 18.9 Å². The van der Waals surface area contributed by atoms with Gasteiger partial charge >= 0.3 is 0 Å². The van der Waals surface area contributed by atoms with Crippen LogP contribution in [-0.4, -0.2) is 91.4 Å². The Balaban J connectivity index is 1.42. The van der Waals surface area contributed by atoms with Crippen LogP contribution in [0, 0.1) is 0 Å².